The largest absolute Gasteiger partial charge is 0.495 e. The predicted molar refractivity (Wildman–Crippen MR) is 110 cm³/mol. The summed E-state index contributed by atoms with van der Waals surface area (Å²) < 4.78 is 7.63. The van der Waals surface area contributed by atoms with E-state index in [1.54, 1.807) is 7.11 Å². The topological polar surface area (TPSA) is 72.3 Å². The van der Waals surface area contributed by atoms with Crippen LogP contribution in [0.25, 0.3) is 5.69 Å². The van der Waals surface area contributed by atoms with Gasteiger partial charge in [0.25, 0.3) is 0 Å². The standard InChI is InChI=1S/C20H27N5O2S/c1-14(18(26)21-15-10-11-15)28-20-23-22-19(24-12-6-3-7-13-24)25(20)16-8-4-5-9-17(16)27-2/h4-5,8-9,14-15H,3,6-7,10-13H2,1-2H3,(H,21,26). The van der Waals surface area contributed by atoms with Crippen molar-refractivity contribution in [3.8, 4) is 11.4 Å². The first-order valence-electron chi connectivity index (χ1n) is 9.98. The maximum atomic E-state index is 12.5. The molecule has 4 rings (SSSR count). The third kappa shape index (κ3) is 4.11. The Morgan fingerprint density at radius 2 is 1.96 bits per heavy atom. The van der Waals surface area contributed by atoms with E-state index in [1.807, 2.05) is 35.8 Å². The van der Waals surface area contributed by atoms with Crippen LogP contribution in [0.5, 0.6) is 5.75 Å². The van der Waals surface area contributed by atoms with Gasteiger partial charge in [0, 0.05) is 19.1 Å². The van der Waals surface area contributed by atoms with Crippen LogP contribution in [-0.4, -0.2) is 52.2 Å². The number of hydrogen-bond acceptors (Lipinski definition) is 6. The first-order chi connectivity index (χ1) is 13.7. The molecule has 1 saturated carbocycles. The number of methoxy groups -OCH3 is 1. The highest BCUT2D eigenvalue weighted by atomic mass is 32.2. The second-order valence-electron chi connectivity index (χ2n) is 7.38. The second kappa shape index (κ2) is 8.43. The van der Waals surface area contributed by atoms with Crippen LogP contribution in [0.1, 0.15) is 39.0 Å². The Morgan fingerprint density at radius 1 is 1.21 bits per heavy atom. The fourth-order valence-electron chi connectivity index (χ4n) is 3.42. The number of benzene rings is 1. The molecule has 0 radical (unpaired) electrons. The van der Waals surface area contributed by atoms with Gasteiger partial charge in [0.2, 0.25) is 11.9 Å². The maximum absolute atomic E-state index is 12.5. The summed E-state index contributed by atoms with van der Waals surface area (Å²) in [6.45, 7) is 3.86. The maximum Gasteiger partial charge on any atom is 0.233 e. The van der Waals surface area contributed by atoms with Crippen molar-refractivity contribution in [1.82, 2.24) is 20.1 Å². The number of ether oxygens (including phenoxy) is 1. The Kier molecular flexibility index (Phi) is 5.75. The molecule has 150 valence electrons. The molecule has 2 aliphatic rings. The van der Waals surface area contributed by atoms with Crippen molar-refractivity contribution in [3.63, 3.8) is 0 Å². The number of nitrogens with zero attached hydrogens (tertiary/aromatic N) is 4. The number of hydrogen-bond donors (Lipinski definition) is 1. The van der Waals surface area contributed by atoms with Crippen molar-refractivity contribution in [2.24, 2.45) is 0 Å². The Labute approximate surface area is 169 Å². The van der Waals surface area contributed by atoms with E-state index in [0.29, 0.717) is 11.2 Å². The van der Waals surface area contributed by atoms with E-state index in [2.05, 4.69) is 20.4 Å². The lowest BCUT2D eigenvalue weighted by molar-refractivity contribution is -0.120. The molecule has 1 aromatic heterocycles. The lowest BCUT2D eigenvalue weighted by Gasteiger charge is -2.28. The zero-order chi connectivity index (χ0) is 19.5. The number of aromatic nitrogens is 3. The molecule has 1 aliphatic carbocycles. The molecule has 2 aromatic rings. The average molecular weight is 402 g/mol. The van der Waals surface area contributed by atoms with Gasteiger partial charge in [0.1, 0.15) is 5.75 Å². The summed E-state index contributed by atoms with van der Waals surface area (Å²) in [5.41, 5.74) is 0.896. The molecule has 28 heavy (non-hydrogen) atoms. The van der Waals surface area contributed by atoms with Gasteiger partial charge in [-0.05, 0) is 51.2 Å². The van der Waals surface area contributed by atoms with Gasteiger partial charge in [-0.25, -0.2) is 0 Å². The van der Waals surface area contributed by atoms with Gasteiger partial charge in [-0.15, -0.1) is 10.2 Å². The smallest absolute Gasteiger partial charge is 0.233 e. The SMILES string of the molecule is COc1ccccc1-n1c(SC(C)C(=O)NC2CC2)nnc1N1CCCCC1. The van der Waals surface area contributed by atoms with E-state index in [4.69, 9.17) is 4.74 Å². The van der Waals surface area contributed by atoms with Crippen LogP contribution in [0.15, 0.2) is 29.4 Å². The molecule has 1 aromatic carbocycles. The van der Waals surface area contributed by atoms with Gasteiger partial charge in [-0.3, -0.25) is 9.36 Å². The molecule has 2 heterocycles. The normalized spacial score (nSPS) is 18.0. The van der Waals surface area contributed by atoms with Crippen LogP contribution in [0.4, 0.5) is 5.95 Å². The first-order valence-corrected chi connectivity index (χ1v) is 10.9. The summed E-state index contributed by atoms with van der Waals surface area (Å²) in [6, 6.07) is 8.23. The molecule has 1 saturated heterocycles. The van der Waals surface area contributed by atoms with Crippen molar-refractivity contribution in [1.29, 1.82) is 0 Å². The fraction of sp³-hybridized carbons (Fsp3) is 0.550. The second-order valence-corrected chi connectivity index (χ2v) is 8.69. The Hall–Kier alpha value is -2.22. The van der Waals surface area contributed by atoms with Crippen LogP contribution < -0.4 is 15.0 Å². The molecule has 1 aliphatic heterocycles. The minimum atomic E-state index is -0.243. The summed E-state index contributed by atoms with van der Waals surface area (Å²) in [4.78, 5) is 14.7. The van der Waals surface area contributed by atoms with Crippen LogP contribution in [-0.2, 0) is 4.79 Å². The third-order valence-electron chi connectivity index (χ3n) is 5.16. The monoisotopic (exact) mass is 401 g/mol. The molecular weight excluding hydrogens is 374 g/mol. The lowest BCUT2D eigenvalue weighted by Crippen LogP contribution is -2.33. The third-order valence-corrected chi connectivity index (χ3v) is 6.20. The molecule has 0 spiro atoms. The first kappa shape index (κ1) is 19.1. The molecule has 1 unspecified atom stereocenters. The van der Waals surface area contributed by atoms with Gasteiger partial charge in [-0.2, -0.15) is 0 Å². The average Bonchev–Trinajstić information content (AvgIpc) is 3.45. The van der Waals surface area contributed by atoms with Crippen molar-refractivity contribution in [2.45, 2.75) is 55.5 Å². The van der Waals surface area contributed by atoms with E-state index in [1.165, 1.54) is 18.2 Å². The minimum Gasteiger partial charge on any atom is -0.495 e. The van der Waals surface area contributed by atoms with Crippen molar-refractivity contribution in [2.75, 3.05) is 25.1 Å². The Bertz CT molecular complexity index is 830. The van der Waals surface area contributed by atoms with Crippen molar-refractivity contribution < 1.29 is 9.53 Å². The number of piperidine rings is 1. The van der Waals surface area contributed by atoms with E-state index < -0.39 is 0 Å². The summed E-state index contributed by atoms with van der Waals surface area (Å²) >= 11 is 1.44. The fourth-order valence-corrected chi connectivity index (χ4v) is 4.29. The number of amides is 1. The van der Waals surface area contributed by atoms with Gasteiger partial charge in [0.05, 0.1) is 18.0 Å². The zero-order valence-electron chi connectivity index (χ0n) is 16.4. The molecule has 1 atom stereocenters. The van der Waals surface area contributed by atoms with E-state index in [0.717, 1.165) is 56.2 Å². The number of thioether (sulfide) groups is 1. The molecule has 1 amide bonds. The van der Waals surface area contributed by atoms with Gasteiger partial charge in [0.15, 0.2) is 5.16 Å². The minimum absolute atomic E-state index is 0.0570. The molecule has 0 bridgehead atoms. The zero-order valence-corrected chi connectivity index (χ0v) is 17.2. The molecule has 8 heteroatoms. The van der Waals surface area contributed by atoms with E-state index in [-0.39, 0.29) is 11.2 Å². The Balaban J connectivity index is 1.67. The van der Waals surface area contributed by atoms with Crippen LogP contribution in [0, 0.1) is 0 Å². The molecular formula is C20H27N5O2S. The summed E-state index contributed by atoms with van der Waals surface area (Å²) in [5, 5.41) is 12.5. The van der Waals surface area contributed by atoms with Crippen molar-refractivity contribution in [3.05, 3.63) is 24.3 Å². The summed E-state index contributed by atoms with van der Waals surface area (Å²) in [7, 11) is 1.67. The number of para-hydroxylation sites is 2. The number of anilines is 1. The number of nitrogens with one attached hydrogen (secondary N) is 1. The number of carbonyl (C=O) groups excluding carboxylic acids is 1. The van der Waals surface area contributed by atoms with Crippen LogP contribution >= 0.6 is 11.8 Å². The lowest BCUT2D eigenvalue weighted by atomic mass is 10.1. The number of carbonyl (C=O) groups is 1. The van der Waals surface area contributed by atoms with E-state index >= 15 is 0 Å². The van der Waals surface area contributed by atoms with Crippen molar-refractivity contribution >= 4 is 23.6 Å². The molecule has 1 N–H and O–H groups in total. The summed E-state index contributed by atoms with van der Waals surface area (Å²) in [6.07, 6.45) is 5.72. The predicted octanol–water partition coefficient (Wildman–Crippen LogP) is 3.03. The summed E-state index contributed by atoms with van der Waals surface area (Å²) in [5.74, 6) is 1.64. The quantitative estimate of drug-likeness (QED) is 0.719. The van der Waals surface area contributed by atoms with Gasteiger partial charge >= 0.3 is 0 Å². The number of rotatable bonds is 7. The van der Waals surface area contributed by atoms with Crippen LogP contribution in [0.2, 0.25) is 0 Å². The highest BCUT2D eigenvalue weighted by molar-refractivity contribution is 8.00. The molecule has 7 nitrogen and oxygen atoms in total. The van der Waals surface area contributed by atoms with Gasteiger partial charge in [-0.1, -0.05) is 23.9 Å². The van der Waals surface area contributed by atoms with E-state index in [9.17, 15) is 4.79 Å². The Morgan fingerprint density at radius 3 is 2.68 bits per heavy atom. The van der Waals surface area contributed by atoms with Gasteiger partial charge < -0.3 is 15.0 Å². The highest BCUT2D eigenvalue weighted by Crippen LogP contribution is 2.34. The van der Waals surface area contributed by atoms with Crippen LogP contribution in [0.3, 0.4) is 0 Å². The molecule has 2 fully saturated rings. The highest BCUT2D eigenvalue weighted by Gasteiger charge is 2.29.